The van der Waals surface area contributed by atoms with E-state index in [2.05, 4.69) is 205 Å². The smallest absolute Gasteiger partial charge is 0.0554 e. The third-order valence-corrected chi connectivity index (χ3v) is 11.4. The van der Waals surface area contributed by atoms with E-state index in [4.69, 9.17) is 0 Å². The van der Waals surface area contributed by atoms with Gasteiger partial charge in [-0.15, -0.1) is 11.3 Å². The summed E-state index contributed by atoms with van der Waals surface area (Å²) in [5, 5.41) is 7.61. The van der Waals surface area contributed by atoms with E-state index in [0.29, 0.717) is 0 Å². The lowest BCUT2D eigenvalue weighted by Crippen LogP contribution is -2.10. The molecule has 1 nitrogen and oxygen atoms in total. The average molecular weight is 680 g/mol. The van der Waals surface area contributed by atoms with Crippen molar-refractivity contribution in [2.75, 3.05) is 4.90 Å². The monoisotopic (exact) mass is 679 g/mol. The molecule has 52 heavy (non-hydrogen) atoms. The van der Waals surface area contributed by atoms with Crippen molar-refractivity contribution in [1.29, 1.82) is 0 Å². The minimum absolute atomic E-state index is 1.12. The minimum Gasteiger partial charge on any atom is -0.310 e. The molecular formula is C50H33NS. The zero-order valence-electron chi connectivity index (χ0n) is 28.4. The van der Waals surface area contributed by atoms with Crippen LogP contribution in [0.5, 0.6) is 0 Å². The second-order valence-electron chi connectivity index (χ2n) is 13.3. The molecule has 0 saturated heterocycles. The highest BCUT2D eigenvalue weighted by Gasteiger charge is 2.19. The van der Waals surface area contributed by atoms with Crippen LogP contribution in [0.3, 0.4) is 0 Å². The lowest BCUT2D eigenvalue weighted by molar-refractivity contribution is 1.30. The predicted molar refractivity (Wildman–Crippen MR) is 225 cm³/mol. The van der Waals surface area contributed by atoms with Gasteiger partial charge in [-0.2, -0.15) is 0 Å². The Kier molecular flexibility index (Phi) is 7.41. The summed E-state index contributed by atoms with van der Waals surface area (Å²) >= 11 is 1.86. The number of fused-ring (bicyclic) bond motifs is 5. The van der Waals surface area contributed by atoms with E-state index < -0.39 is 0 Å². The molecule has 0 saturated carbocycles. The topological polar surface area (TPSA) is 3.24 Å². The number of thiophene rings is 1. The van der Waals surface area contributed by atoms with Gasteiger partial charge in [0.1, 0.15) is 0 Å². The summed E-state index contributed by atoms with van der Waals surface area (Å²) in [6.45, 7) is 0. The fraction of sp³-hybridized carbons (Fsp3) is 0. The van der Waals surface area contributed by atoms with Crippen molar-refractivity contribution in [2.24, 2.45) is 0 Å². The number of nitrogens with zero attached hydrogens (tertiary/aromatic N) is 1. The van der Waals surface area contributed by atoms with Gasteiger partial charge >= 0.3 is 0 Å². The first-order valence-electron chi connectivity index (χ1n) is 17.8. The number of anilines is 3. The highest BCUT2D eigenvalue weighted by molar-refractivity contribution is 7.26. The van der Waals surface area contributed by atoms with Gasteiger partial charge in [0, 0.05) is 31.5 Å². The van der Waals surface area contributed by atoms with Crippen molar-refractivity contribution >= 4 is 70.1 Å². The van der Waals surface area contributed by atoms with Crippen LogP contribution in [0.1, 0.15) is 0 Å². The SMILES string of the molecule is c1ccc(-c2cccc3cccc(-c4ccc(N(c5ccc(-c6cccc7ccccc67)cc5)c5cccc6sc7ccccc7c56)cc4)c23)cc1. The minimum atomic E-state index is 1.12. The van der Waals surface area contributed by atoms with Gasteiger partial charge in [-0.05, 0) is 97.4 Å². The van der Waals surface area contributed by atoms with Crippen LogP contribution in [0.2, 0.25) is 0 Å². The van der Waals surface area contributed by atoms with Gasteiger partial charge in [-0.1, -0.05) is 158 Å². The quantitative estimate of drug-likeness (QED) is 0.169. The van der Waals surface area contributed by atoms with Gasteiger partial charge in [0.25, 0.3) is 0 Å². The second kappa shape index (κ2) is 12.7. The third kappa shape index (κ3) is 5.16. The molecule has 10 rings (SSSR count). The Bertz CT molecular complexity index is 2870. The zero-order valence-corrected chi connectivity index (χ0v) is 29.2. The van der Waals surface area contributed by atoms with E-state index in [1.165, 1.54) is 80.8 Å². The average Bonchev–Trinajstić information content (AvgIpc) is 3.61. The van der Waals surface area contributed by atoms with Crippen molar-refractivity contribution in [3.8, 4) is 33.4 Å². The largest absolute Gasteiger partial charge is 0.310 e. The van der Waals surface area contributed by atoms with E-state index in [1.807, 2.05) is 11.3 Å². The van der Waals surface area contributed by atoms with Crippen LogP contribution in [0.25, 0.3) is 75.1 Å². The fourth-order valence-corrected chi connectivity index (χ4v) is 8.99. The van der Waals surface area contributed by atoms with Gasteiger partial charge in [-0.25, -0.2) is 0 Å². The van der Waals surface area contributed by atoms with Crippen LogP contribution in [0.4, 0.5) is 17.1 Å². The van der Waals surface area contributed by atoms with E-state index in [9.17, 15) is 0 Å². The standard InChI is InChI=1S/C50H33NS/c1-2-12-35(13-3-1)43-21-9-16-38-17-10-22-44(49(38)43)37-28-32-40(33-29-37)51(46-23-11-25-48-50(46)45-19-6-7-24-47(45)52-48)39-30-26-36(27-31-39)42-20-8-15-34-14-4-5-18-41(34)42/h1-33H. The molecule has 1 heterocycles. The number of hydrogen-bond donors (Lipinski definition) is 0. The van der Waals surface area contributed by atoms with E-state index in [1.54, 1.807) is 0 Å². The molecule has 9 aromatic carbocycles. The first-order chi connectivity index (χ1) is 25.8. The maximum absolute atomic E-state index is 2.43. The molecule has 0 radical (unpaired) electrons. The molecule has 0 aliphatic rings. The van der Waals surface area contributed by atoms with Gasteiger partial charge in [-0.3, -0.25) is 0 Å². The van der Waals surface area contributed by atoms with Crippen molar-refractivity contribution in [2.45, 2.75) is 0 Å². The van der Waals surface area contributed by atoms with Crippen molar-refractivity contribution in [1.82, 2.24) is 0 Å². The predicted octanol–water partition coefficient (Wildman–Crippen LogP) is 14.8. The Morgan fingerprint density at radius 1 is 0.308 bits per heavy atom. The molecule has 2 heteroatoms. The molecule has 0 amide bonds. The van der Waals surface area contributed by atoms with E-state index >= 15 is 0 Å². The van der Waals surface area contributed by atoms with Crippen LogP contribution in [-0.4, -0.2) is 0 Å². The van der Waals surface area contributed by atoms with Crippen molar-refractivity contribution in [3.05, 3.63) is 200 Å². The molecular weight excluding hydrogens is 647 g/mol. The molecule has 1 aromatic heterocycles. The van der Waals surface area contributed by atoms with E-state index in [-0.39, 0.29) is 0 Å². The Morgan fingerprint density at radius 2 is 0.808 bits per heavy atom. The van der Waals surface area contributed by atoms with Gasteiger partial charge < -0.3 is 4.90 Å². The zero-order chi connectivity index (χ0) is 34.4. The molecule has 0 bridgehead atoms. The van der Waals surface area contributed by atoms with Crippen molar-refractivity contribution in [3.63, 3.8) is 0 Å². The van der Waals surface area contributed by atoms with Crippen LogP contribution < -0.4 is 4.90 Å². The molecule has 0 N–H and O–H groups in total. The Balaban J connectivity index is 1.13. The highest BCUT2D eigenvalue weighted by atomic mass is 32.1. The van der Waals surface area contributed by atoms with Crippen LogP contribution in [0, 0.1) is 0 Å². The molecule has 0 atom stereocenters. The molecule has 0 fully saturated rings. The molecule has 0 spiro atoms. The van der Waals surface area contributed by atoms with E-state index in [0.717, 1.165) is 11.4 Å². The van der Waals surface area contributed by atoms with Crippen LogP contribution >= 0.6 is 11.3 Å². The summed E-state index contributed by atoms with van der Waals surface area (Å²) in [6, 6.07) is 72.9. The lowest BCUT2D eigenvalue weighted by atomic mass is 9.91. The molecule has 0 aliphatic carbocycles. The maximum atomic E-state index is 2.43. The summed E-state index contributed by atoms with van der Waals surface area (Å²) < 4.78 is 2.59. The molecule has 0 aliphatic heterocycles. The van der Waals surface area contributed by atoms with Gasteiger partial charge in [0.2, 0.25) is 0 Å². The Hall–Kier alpha value is -6.48. The summed E-state index contributed by atoms with van der Waals surface area (Å²) in [4.78, 5) is 2.43. The fourth-order valence-electron chi connectivity index (χ4n) is 7.87. The summed E-state index contributed by atoms with van der Waals surface area (Å²) in [6.07, 6.45) is 0. The van der Waals surface area contributed by atoms with Crippen molar-refractivity contribution < 1.29 is 0 Å². The first kappa shape index (κ1) is 30.4. The number of rotatable bonds is 6. The molecule has 244 valence electrons. The number of benzene rings is 9. The van der Waals surface area contributed by atoms with Gasteiger partial charge in [0.05, 0.1) is 5.69 Å². The lowest BCUT2D eigenvalue weighted by Gasteiger charge is -2.27. The first-order valence-corrected chi connectivity index (χ1v) is 18.6. The third-order valence-electron chi connectivity index (χ3n) is 10.3. The molecule has 10 aromatic rings. The van der Waals surface area contributed by atoms with Crippen LogP contribution in [-0.2, 0) is 0 Å². The summed E-state index contributed by atoms with van der Waals surface area (Å²) in [5.41, 5.74) is 10.8. The van der Waals surface area contributed by atoms with Crippen LogP contribution in [0.15, 0.2) is 200 Å². The summed E-state index contributed by atoms with van der Waals surface area (Å²) in [5.74, 6) is 0. The Morgan fingerprint density at radius 3 is 1.52 bits per heavy atom. The second-order valence-corrected chi connectivity index (χ2v) is 14.4. The maximum Gasteiger partial charge on any atom is 0.0554 e. The summed E-state index contributed by atoms with van der Waals surface area (Å²) in [7, 11) is 0. The highest BCUT2D eigenvalue weighted by Crippen LogP contribution is 2.46. The normalized spacial score (nSPS) is 11.5. The molecule has 0 unspecified atom stereocenters. The Labute approximate surface area is 307 Å². The number of hydrogen-bond acceptors (Lipinski definition) is 2. The van der Waals surface area contributed by atoms with Gasteiger partial charge in [0.15, 0.2) is 0 Å².